The molecule has 0 unspecified atom stereocenters. The summed E-state index contributed by atoms with van der Waals surface area (Å²) in [5.74, 6) is -0.0726. The smallest absolute Gasteiger partial charge is 0.253 e. The van der Waals surface area contributed by atoms with Crippen LogP contribution >= 0.6 is 0 Å². The topological polar surface area (TPSA) is 44.4 Å². The summed E-state index contributed by atoms with van der Waals surface area (Å²) in [6.45, 7) is 0.518. The maximum atomic E-state index is 12.2. The molecule has 0 fully saturated rings. The van der Waals surface area contributed by atoms with Gasteiger partial charge in [-0.25, -0.2) is 0 Å². The molecule has 4 heteroatoms. The van der Waals surface area contributed by atoms with E-state index in [1.54, 1.807) is 0 Å². The lowest BCUT2D eigenvalue weighted by molar-refractivity contribution is 0.0951. The Hall–Kier alpha value is -2.49. The highest BCUT2D eigenvalue weighted by molar-refractivity contribution is 5.99. The van der Waals surface area contributed by atoms with E-state index in [-0.39, 0.29) is 5.91 Å². The number of hydrogen-bond donors (Lipinski definition) is 2. The van der Waals surface area contributed by atoms with Gasteiger partial charge in [-0.2, -0.15) is 0 Å². The van der Waals surface area contributed by atoms with Gasteiger partial charge < -0.3 is 15.5 Å². The predicted molar refractivity (Wildman–Crippen MR) is 87.9 cm³/mol. The molecule has 0 saturated carbocycles. The number of nitrogens with one attached hydrogen (secondary N) is 2. The maximum Gasteiger partial charge on any atom is 0.253 e. The molecule has 0 atom stereocenters. The van der Waals surface area contributed by atoms with E-state index in [9.17, 15) is 4.79 Å². The molecular weight excluding hydrogens is 262 g/mol. The van der Waals surface area contributed by atoms with Gasteiger partial charge in [-0.05, 0) is 29.8 Å². The summed E-state index contributed by atoms with van der Waals surface area (Å²) < 4.78 is 0. The third kappa shape index (κ3) is 3.75. The average molecular weight is 283 g/mol. The van der Waals surface area contributed by atoms with Gasteiger partial charge in [0.1, 0.15) is 0 Å². The second-order valence-corrected chi connectivity index (χ2v) is 5.04. The van der Waals surface area contributed by atoms with Gasteiger partial charge in [0, 0.05) is 39.1 Å². The van der Waals surface area contributed by atoms with E-state index in [2.05, 4.69) is 10.6 Å². The Kier molecular flexibility index (Phi) is 4.82. The fraction of sp³-hybridized carbons (Fsp3) is 0.235. The lowest BCUT2D eigenvalue weighted by Crippen LogP contribution is -2.23. The van der Waals surface area contributed by atoms with Gasteiger partial charge in [0.05, 0.1) is 5.56 Å². The first-order chi connectivity index (χ1) is 10.1. The predicted octanol–water partition coefficient (Wildman–Crippen LogP) is 2.72. The Morgan fingerprint density at radius 2 is 1.71 bits per heavy atom. The summed E-state index contributed by atoms with van der Waals surface area (Å²) >= 11 is 0. The monoisotopic (exact) mass is 283 g/mol. The van der Waals surface area contributed by atoms with E-state index in [0.717, 1.165) is 16.9 Å². The van der Waals surface area contributed by atoms with Crippen molar-refractivity contribution in [2.24, 2.45) is 0 Å². The lowest BCUT2D eigenvalue weighted by atomic mass is 10.1. The molecule has 2 aromatic carbocycles. The molecule has 0 radical (unpaired) electrons. The second-order valence-electron chi connectivity index (χ2n) is 5.04. The van der Waals surface area contributed by atoms with Crippen molar-refractivity contribution in [3.05, 3.63) is 59.7 Å². The van der Waals surface area contributed by atoms with Crippen molar-refractivity contribution in [2.45, 2.75) is 6.54 Å². The zero-order chi connectivity index (χ0) is 15.2. The summed E-state index contributed by atoms with van der Waals surface area (Å²) in [4.78, 5) is 14.3. The molecule has 2 N–H and O–H groups in total. The number of para-hydroxylation sites is 1. The van der Waals surface area contributed by atoms with Crippen molar-refractivity contribution >= 4 is 17.3 Å². The third-order valence-corrected chi connectivity index (χ3v) is 3.35. The molecule has 4 nitrogen and oxygen atoms in total. The molecule has 0 bridgehead atoms. The van der Waals surface area contributed by atoms with Crippen LogP contribution < -0.4 is 15.5 Å². The van der Waals surface area contributed by atoms with Crippen LogP contribution in [0.15, 0.2) is 48.5 Å². The summed E-state index contributed by atoms with van der Waals surface area (Å²) in [5, 5.41) is 5.97. The fourth-order valence-corrected chi connectivity index (χ4v) is 2.09. The third-order valence-electron chi connectivity index (χ3n) is 3.35. The molecule has 0 spiro atoms. The Morgan fingerprint density at radius 1 is 1.05 bits per heavy atom. The standard InChI is InChI=1S/C17H21N3O/c1-18-16-7-5-4-6-15(16)17(21)19-12-13-8-10-14(11-9-13)20(2)3/h4-11,18H,12H2,1-3H3,(H,19,21). The van der Waals surface area contributed by atoms with Crippen molar-refractivity contribution in [2.75, 3.05) is 31.4 Å². The van der Waals surface area contributed by atoms with Crippen LogP contribution in [0.25, 0.3) is 0 Å². The van der Waals surface area contributed by atoms with E-state index in [0.29, 0.717) is 12.1 Å². The normalized spacial score (nSPS) is 10.0. The molecule has 0 aromatic heterocycles. The van der Waals surface area contributed by atoms with Crippen LogP contribution in [-0.4, -0.2) is 27.1 Å². The number of nitrogens with zero attached hydrogens (tertiary/aromatic N) is 1. The van der Waals surface area contributed by atoms with Gasteiger partial charge in [-0.1, -0.05) is 24.3 Å². The quantitative estimate of drug-likeness (QED) is 0.887. The molecule has 2 rings (SSSR count). The minimum absolute atomic E-state index is 0.0726. The molecule has 0 saturated heterocycles. The van der Waals surface area contributed by atoms with Crippen LogP contribution in [0.2, 0.25) is 0 Å². The Labute approximate surface area is 125 Å². The number of carbonyl (C=O) groups is 1. The molecule has 0 heterocycles. The maximum absolute atomic E-state index is 12.2. The second kappa shape index (κ2) is 6.79. The molecule has 21 heavy (non-hydrogen) atoms. The highest BCUT2D eigenvalue weighted by Gasteiger charge is 2.09. The number of carbonyl (C=O) groups excluding carboxylic acids is 1. The van der Waals surface area contributed by atoms with Crippen LogP contribution in [0.4, 0.5) is 11.4 Å². The van der Waals surface area contributed by atoms with Crippen LogP contribution in [-0.2, 0) is 6.54 Å². The van der Waals surface area contributed by atoms with E-state index in [1.807, 2.05) is 74.6 Å². The minimum atomic E-state index is -0.0726. The van der Waals surface area contributed by atoms with Crippen molar-refractivity contribution in [1.82, 2.24) is 5.32 Å². The summed E-state index contributed by atoms with van der Waals surface area (Å²) in [6.07, 6.45) is 0. The van der Waals surface area contributed by atoms with Crippen molar-refractivity contribution in [3.8, 4) is 0 Å². The first-order valence-electron chi connectivity index (χ1n) is 6.93. The molecular formula is C17H21N3O. The first kappa shape index (κ1) is 14.9. The van der Waals surface area contributed by atoms with Gasteiger partial charge in [0.2, 0.25) is 0 Å². The fourth-order valence-electron chi connectivity index (χ4n) is 2.09. The van der Waals surface area contributed by atoms with E-state index in [4.69, 9.17) is 0 Å². The number of hydrogen-bond acceptors (Lipinski definition) is 3. The SMILES string of the molecule is CNc1ccccc1C(=O)NCc1ccc(N(C)C)cc1. The van der Waals surface area contributed by atoms with Crippen molar-refractivity contribution in [3.63, 3.8) is 0 Å². The van der Waals surface area contributed by atoms with E-state index >= 15 is 0 Å². The van der Waals surface area contributed by atoms with Gasteiger partial charge >= 0.3 is 0 Å². The molecule has 1 amide bonds. The van der Waals surface area contributed by atoms with Gasteiger partial charge in [-0.3, -0.25) is 4.79 Å². The van der Waals surface area contributed by atoms with Crippen LogP contribution in [0, 0.1) is 0 Å². The Balaban J connectivity index is 2.00. The summed E-state index contributed by atoms with van der Waals surface area (Å²) in [5.41, 5.74) is 3.71. The Bertz CT molecular complexity index is 606. The summed E-state index contributed by atoms with van der Waals surface area (Å²) in [7, 11) is 5.82. The molecule has 2 aromatic rings. The average Bonchev–Trinajstić information content (AvgIpc) is 2.52. The zero-order valence-electron chi connectivity index (χ0n) is 12.7. The highest BCUT2D eigenvalue weighted by atomic mass is 16.1. The van der Waals surface area contributed by atoms with Crippen molar-refractivity contribution < 1.29 is 4.79 Å². The molecule has 0 aliphatic heterocycles. The Morgan fingerprint density at radius 3 is 2.33 bits per heavy atom. The number of rotatable bonds is 5. The molecule has 110 valence electrons. The van der Waals surface area contributed by atoms with E-state index in [1.165, 1.54) is 0 Å². The zero-order valence-corrected chi connectivity index (χ0v) is 12.7. The van der Waals surface area contributed by atoms with Crippen LogP contribution in [0.3, 0.4) is 0 Å². The largest absolute Gasteiger partial charge is 0.387 e. The number of anilines is 2. The molecule has 0 aliphatic carbocycles. The lowest BCUT2D eigenvalue weighted by Gasteiger charge is -2.13. The molecule has 0 aliphatic rings. The van der Waals surface area contributed by atoms with Crippen molar-refractivity contribution in [1.29, 1.82) is 0 Å². The van der Waals surface area contributed by atoms with Gasteiger partial charge in [0.25, 0.3) is 5.91 Å². The van der Waals surface area contributed by atoms with Crippen LogP contribution in [0.1, 0.15) is 15.9 Å². The summed E-state index contributed by atoms with van der Waals surface area (Å²) in [6, 6.07) is 15.6. The first-order valence-corrected chi connectivity index (χ1v) is 6.93. The highest BCUT2D eigenvalue weighted by Crippen LogP contribution is 2.15. The number of amides is 1. The van der Waals surface area contributed by atoms with Gasteiger partial charge in [0.15, 0.2) is 0 Å². The minimum Gasteiger partial charge on any atom is -0.387 e. The van der Waals surface area contributed by atoms with Crippen LogP contribution in [0.5, 0.6) is 0 Å². The van der Waals surface area contributed by atoms with Gasteiger partial charge in [-0.15, -0.1) is 0 Å². The number of benzene rings is 2. The van der Waals surface area contributed by atoms with E-state index < -0.39 is 0 Å².